The number of carboxylic acids is 1. The lowest BCUT2D eigenvalue weighted by molar-refractivity contribution is -0.139. The normalized spacial score (nSPS) is 13.2. The van der Waals surface area contributed by atoms with E-state index < -0.39 is 12.0 Å². The Kier molecular flexibility index (Phi) is 6.31. The van der Waals surface area contributed by atoms with Crippen molar-refractivity contribution in [3.63, 3.8) is 0 Å². The largest absolute Gasteiger partial charge is 0.480 e. The zero-order valence-electron chi connectivity index (χ0n) is 12.0. The van der Waals surface area contributed by atoms with Crippen LogP contribution in [0.1, 0.15) is 39.2 Å². The van der Waals surface area contributed by atoms with E-state index in [1.807, 2.05) is 6.07 Å². The Morgan fingerprint density at radius 2 is 1.95 bits per heavy atom. The van der Waals surface area contributed by atoms with Crippen LogP contribution in [-0.4, -0.2) is 17.1 Å². The first-order valence-electron chi connectivity index (χ1n) is 6.59. The first-order valence-corrected chi connectivity index (χ1v) is 7.35. The van der Waals surface area contributed by atoms with E-state index in [2.05, 4.69) is 26.1 Å². The van der Waals surface area contributed by atoms with Gasteiger partial charge in [0.15, 0.2) is 0 Å². The summed E-state index contributed by atoms with van der Waals surface area (Å²) in [5.74, 6) is -0.825. The summed E-state index contributed by atoms with van der Waals surface area (Å²) in [6.45, 7) is 6.76. The second-order valence-electron chi connectivity index (χ2n) is 6.12. The lowest BCUT2D eigenvalue weighted by Gasteiger charge is -2.21. The van der Waals surface area contributed by atoms with E-state index in [0.717, 1.165) is 12.0 Å². The van der Waals surface area contributed by atoms with Gasteiger partial charge in [0.1, 0.15) is 6.04 Å². The van der Waals surface area contributed by atoms with Crippen molar-refractivity contribution in [2.75, 3.05) is 0 Å². The van der Waals surface area contributed by atoms with Crippen molar-refractivity contribution in [2.24, 2.45) is 5.41 Å². The predicted octanol–water partition coefficient (Wildman–Crippen LogP) is 4.36. The number of nitrogens with one attached hydrogen (secondary N) is 1. The summed E-state index contributed by atoms with van der Waals surface area (Å²) >= 11 is 11.8. The Bertz CT molecular complexity index is 469. The SMILES string of the molecule is CC(C)(C)CC[C@H](NCc1ccc(Cl)c(Cl)c1)C(=O)O. The molecule has 2 N–H and O–H groups in total. The van der Waals surface area contributed by atoms with Crippen LogP contribution in [0.15, 0.2) is 18.2 Å². The van der Waals surface area contributed by atoms with Gasteiger partial charge in [0, 0.05) is 6.54 Å². The maximum atomic E-state index is 11.2. The molecule has 3 nitrogen and oxygen atoms in total. The molecular formula is C15H21Cl2NO2. The molecule has 0 aliphatic rings. The number of aliphatic carboxylic acids is 1. The summed E-state index contributed by atoms with van der Waals surface area (Å²) in [7, 11) is 0. The molecule has 0 saturated heterocycles. The van der Waals surface area contributed by atoms with Crippen LogP contribution in [0.25, 0.3) is 0 Å². The number of rotatable bonds is 6. The van der Waals surface area contributed by atoms with Crippen LogP contribution in [-0.2, 0) is 11.3 Å². The minimum Gasteiger partial charge on any atom is -0.480 e. The van der Waals surface area contributed by atoms with Crippen molar-refractivity contribution >= 4 is 29.2 Å². The highest BCUT2D eigenvalue weighted by molar-refractivity contribution is 6.42. The van der Waals surface area contributed by atoms with Crippen LogP contribution < -0.4 is 5.32 Å². The zero-order chi connectivity index (χ0) is 15.3. The first kappa shape index (κ1) is 17.3. The molecule has 0 heterocycles. The van der Waals surface area contributed by atoms with Gasteiger partial charge in [-0.1, -0.05) is 50.0 Å². The molecule has 1 aromatic carbocycles. The molecule has 0 fully saturated rings. The van der Waals surface area contributed by atoms with Crippen LogP contribution in [0, 0.1) is 5.41 Å². The molecule has 112 valence electrons. The zero-order valence-corrected chi connectivity index (χ0v) is 13.6. The molecule has 0 bridgehead atoms. The number of hydrogen-bond donors (Lipinski definition) is 2. The van der Waals surface area contributed by atoms with Crippen molar-refractivity contribution < 1.29 is 9.90 Å². The molecule has 0 radical (unpaired) electrons. The summed E-state index contributed by atoms with van der Waals surface area (Å²) in [5.41, 5.74) is 1.04. The smallest absolute Gasteiger partial charge is 0.320 e. The van der Waals surface area contributed by atoms with Gasteiger partial charge in [0.25, 0.3) is 0 Å². The molecule has 0 unspecified atom stereocenters. The van der Waals surface area contributed by atoms with Crippen molar-refractivity contribution in [2.45, 2.75) is 46.2 Å². The number of halogens is 2. The Hall–Kier alpha value is -0.770. The average molecular weight is 318 g/mol. The fourth-order valence-electron chi connectivity index (χ4n) is 1.78. The molecule has 0 aliphatic carbocycles. The van der Waals surface area contributed by atoms with Crippen LogP contribution in [0.3, 0.4) is 0 Å². The third-order valence-electron chi connectivity index (χ3n) is 3.02. The fourth-order valence-corrected chi connectivity index (χ4v) is 2.10. The third-order valence-corrected chi connectivity index (χ3v) is 3.76. The molecule has 5 heteroatoms. The highest BCUT2D eigenvalue weighted by Gasteiger charge is 2.20. The molecule has 0 aliphatic heterocycles. The Morgan fingerprint density at radius 1 is 1.30 bits per heavy atom. The van der Waals surface area contributed by atoms with Crippen molar-refractivity contribution in [1.29, 1.82) is 0 Å². The molecule has 0 amide bonds. The molecule has 20 heavy (non-hydrogen) atoms. The highest BCUT2D eigenvalue weighted by Crippen LogP contribution is 2.23. The van der Waals surface area contributed by atoms with Crippen molar-refractivity contribution in [1.82, 2.24) is 5.32 Å². The third kappa shape index (κ3) is 6.12. The summed E-state index contributed by atoms with van der Waals surface area (Å²) in [4.78, 5) is 11.2. The molecule has 1 atom stereocenters. The minimum absolute atomic E-state index is 0.124. The average Bonchev–Trinajstić information content (AvgIpc) is 2.31. The van der Waals surface area contributed by atoms with E-state index in [4.69, 9.17) is 23.2 Å². The van der Waals surface area contributed by atoms with Gasteiger partial charge in [-0.25, -0.2) is 0 Å². The Labute approximate surface area is 130 Å². The van der Waals surface area contributed by atoms with E-state index in [9.17, 15) is 9.90 Å². The fraction of sp³-hybridized carbons (Fsp3) is 0.533. The minimum atomic E-state index is -0.825. The van der Waals surface area contributed by atoms with Crippen LogP contribution >= 0.6 is 23.2 Å². The maximum absolute atomic E-state index is 11.2. The Morgan fingerprint density at radius 3 is 2.45 bits per heavy atom. The lowest BCUT2D eigenvalue weighted by Crippen LogP contribution is -2.37. The van der Waals surface area contributed by atoms with Crippen molar-refractivity contribution in [3.8, 4) is 0 Å². The number of carboxylic acid groups (broad SMARTS) is 1. The lowest BCUT2D eigenvalue weighted by atomic mass is 9.88. The van der Waals surface area contributed by atoms with Gasteiger partial charge >= 0.3 is 5.97 Å². The highest BCUT2D eigenvalue weighted by atomic mass is 35.5. The number of benzene rings is 1. The molecule has 1 rings (SSSR count). The quantitative estimate of drug-likeness (QED) is 0.819. The van der Waals surface area contributed by atoms with E-state index >= 15 is 0 Å². The van der Waals surface area contributed by atoms with Gasteiger partial charge in [-0.3, -0.25) is 4.79 Å². The summed E-state index contributed by atoms with van der Waals surface area (Å²) in [5, 5.41) is 13.3. The van der Waals surface area contributed by atoms with Gasteiger partial charge in [-0.2, -0.15) is 0 Å². The number of hydrogen-bond acceptors (Lipinski definition) is 2. The molecular weight excluding hydrogens is 297 g/mol. The van der Waals surface area contributed by atoms with Gasteiger partial charge in [0.05, 0.1) is 10.0 Å². The molecule has 0 aromatic heterocycles. The van der Waals surface area contributed by atoms with E-state index in [1.54, 1.807) is 12.1 Å². The van der Waals surface area contributed by atoms with E-state index in [0.29, 0.717) is 23.0 Å². The van der Waals surface area contributed by atoms with Crippen LogP contribution in [0.2, 0.25) is 10.0 Å². The summed E-state index contributed by atoms with van der Waals surface area (Å²) in [6.07, 6.45) is 1.44. The topological polar surface area (TPSA) is 49.3 Å². The van der Waals surface area contributed by atoms with Gasteiger partial charge in [-0.15, -0.1) is 0 Å². The molecule has 1 aromatic rings. The van der Waals surface area contributed by atoms with Crippen LogP contribution in [0.5, 0.6) is 0 Å². The monoisotopic (exact) mass is 317 g/mol. The molecule has 0 spiro atoms. The van der Waals surface area contributed by atoms with Crippen molar-refractivity contribution in [3.05, 3.63) is 33.8 Å². The predicted molar refractivity (Wildman–Crippen MR) is 83.4 cm³/mol. The second kappa shape index (κ2) is 7.30. The maximum Gasteiger partial charge on any atom is 0.320 e. The Balaban J connectivity index is 2.58. The summed E-state index contributed by atoms with van der Waals surface area (Å²) in [6, 6.07) is 4.75. The van der Waals surface area contributed by atoms with Gasteiger partial charge in [0.2, 0.25) is 0 Å². The van der Waals surface area contributed by atoms with Gasteiger partial charge < -0.3 is 10.4 Å². The summed E-state index contributed by atoms with van der Waals surface area (Å²) < 4.78 is 0. The van der Waals surface area contributed by atoms with Gasteiger partial charge in [-0.05, 0) is 36.0 Å². The van der Waals surface area contributed by atoms with E-state index in [1.165, 1.54) is 0 Å². The van der Waals surface area contributed by atoms with E-state index in [-0.39, 0.29) is 5.41 Å². The first-order chi connectivity index (χ1) is 9.19. The number of carbonyl (C=O) groups is 1. The standard InChI is InChI=1S/C15H21Cl2NO2/c1-15(2,3)7-6-13(14(19)20)18-9-10-4-5-11(16)12(17)8-10/h4-5,8,13,18H,6-7,9H2,1-3H3,(H,19,20)/t13-/m0/s1. The van der Waals surface area contributed by atoms with Crippen LogP contribution in [0.4, 0.5) is 0 Å². The molecule has 0 saturated carbocycles. The second-order valence-corrected chi connectivity index (χ2v) is 6.93.